The van der Waals surface area contributed by atoms with Crippen molar-refractivity contribution in [1.82, 2.24) is 9.13 Å². The number of aryl methyl sites for hydroxylation is 2. The van der Waals surface area contributed by atoms with Gasteiger partial charge in [-0.3, -0.25) is 0 Å². The van der Waals surface area contributed by atoms with E-state index in [9.17, 15) is 0 Å². The molecule has 0 unspecified atom stereocenters. The van der Waals surface area contributed by atoms with Gasteiger partial charge in [0.25, 0.3) is 0 Å². The van der Waals surface area contributed by atoms with Crippen molar-refractivity contribution in [1.29, 1.82) is 0 Å². The third-order valence-corrected chi connectivity index (χ3v) is 9.63. The van der Waals surface area contributed by atoms with Crippen LogP contribution in [0.25, 0.3) is 66.1 Å². The Balaban J connectivity index is 0.000000116. The number of nitrogens with zero attached hydrogens (tertiary/aromatic N) is 2. The lowest BCUT2D eigenvalue weighted by molar-refractivity contribution is 1.17. The second-order valence-corrected chi connectivity index (χ2v) is 13.1. The van der Waals surface area contributed by atoms with E-state index in [-0.39, 0.29) is 0 Å². The van der Waals surface area contributed by atoms with Crippen LogP contribution in [0.1, 0.15) is 11.1 Å². The standard InChI is InChI=1S/2C19H15N.C12H10/c2*1-14-10-12-15(13-11-14)20-18-8-4-2-6-16(18)17-7-3-5-9-19(17)20;1-3-7-11(8-4-1)12-9-5-2-6-10-12/h2*2-13H,1H3;1-10H. The summed E-state index contributed by atoms with van der Waals surface area (Å²) >= 11 is 0. The number of hydrogen-bond acceptors (Lipinski definition) is 0. The van der Waals surface area contributed by atoms with Crippen molar-refractivity contribution in [3.05, 3.63) is 217 Å². The summed E-state index contributed by atoms with van der Waals surface area (Å²) in [5.41, 5.74) is 12.6. The van der Waals surface area contributed by atoms with Crippen molar-refractivity contribution in [2.75, 3.05) is 0 Å². The minimum Gasteiger partial charge on any atom is -0.309 e. The maximum Gasteiger partial charge on any atom is 0.0541 e. The second kappa shape index (κ2) is 14.7. The predicted molar refractivity (Wildman–Crippen MR) is 223 cm³/mol. The quantitative estimate of drug-likeness (QED) is 0.177. The third kappa shape index (κ3) is 6.51. The first-order valence-corrected chi connectivity index (χ1v) is 17.9. The molecule has 0 atom stereocenters. The third-order valence-electron chi connectivity index (χ3n) is 9.63. The normalized spacial score (nSPS) is 10.9. The summed E-state index contributed by atoms with van der Waals surface area (Å²) in [6.07, 6.45) is 0. The number of hydrogen-bond donors (Lipinski definition) is 0. The Labute approximate surface area is 305 Å². The van der Waals surface area contributed by atoms with E-state index in [0.717, 1.165) is 0 Å². The fraction of sp³-hybridized carbons (Fsp3) is 0.0400. The Morgan fingerprint density at radius 2 is 0.500 bits per heavy atom. The molecule has 0 N–H and O–H groups in total. The van der Waals surface area contributed by atoms with Crippen LogP contribution in [0.2, 0.25) is 0 Å². The molecule has 0 bridgehead atoms. The molecule has 2 nitrogen and oxygen atoms in total. The molecule has 2 heteroatoms. The minimum atomic E-state index is 1.22. The van der Waals surface area contributed by atoms with Gasteiger partial charge in [-0.25, -0.2) is 0 Å². The predicted octanol–water partition coefficient (Wildman–Crippen LogP) is 13.5. The van der Waals surface area contributed by atoms with Crippen LogP contribution in [-0.2, 0) is 0 Å². The Morgan fingerprint density at radius 1 is 0.250 bits per heavy atom. The van der Waals surface area contributed by atoms with E-state index in [0.29, 0.717) is 0 Å². The van der Waals surface area contributed by atoms with Gasteiger partial charge in [0.2, 0.25) is 0 Å². The van der Waals surface area contributed by atoms with E-state index in [1.807, 2.05) is 12.1 Å². The zero-order valence-electron chi connectivity index (χ0n) is 29.5. The van der Waals surface area contributed by atoms with Crippen molar-refractivity contribution in [3.63, 3.8) is 0 Å². The van der Waals surface area contributed by atoms with E-state index in [1.54, 1.807) is 0 Å². The van der Waals surface area contributed by atoms with Crippen molar-refractivity contribution >= 4 is 43.6 Å². The molecule has 0 aliphatic rings. The molecule has 0 saturated heterocycles. The molecule has 10 rings (SSSR count). The number of fused-ring (bicyclic) bond motifs is 6. The monoisotopic (exact) mass is 668 g/mol. The lowest BCUT2D eigenvalue weighted by Gasteiger charge is -2.07. The van der Waals surface area contributed by atoms with Crippen LogP contribution in [0.3, 0.4) is 0 Å². The van der Waals surface area contributed by atoms with E-state index in [1.165, 1.54) is 77.2 Å². The molecule has 0 spiro atoms. The summed E-state index contributed by atoms with van der Waals surface area (Å²) < 4.78 is 4.67. The van der Waals surface area contributed by atoms with Gasteiger partial charge in [0, 0.05) is 32.9 Å². The minimum absolute atomic E-state index is 1.22. The van der Waals surface area contributed by atoms with E-state index in [2.05, 4.69) is 217 Å². The van der Waals surface area contributed by atoms with Gasteiger partial charge in [-0.15, -0.1) is 0 Å². The van der Waals surface area contributed by atoms with E-state index in [4.69, 9.17) is 0 Å². The van der Waals surface area contributed by atoms with Gasteiger partial charge in [0.15, 0.2) is 0 Å². The lowest BCUT2D eigenvalue weighted by Crippen LogP contribution is -1.93. The van der Waals surface area contributed by atoms with E-state index >= 15 is 0 Å². The molecule has 8 aromatic carbocycles. The molecule has 0 fully saturated rings. The summed E-state index contributed by atoms with van der Waals surface area (Å²) in [6, 6.07) is 72.6. The zero-order chi connectivity index (χ0) is 35.3. The zero-order valence-corrected chi connectivity index (χ0v) is 29.5. The molecule has 0 aliphatic carbocycles. The van der Waals surface area contributed by atoms with Gasteiger partial charge in [0.1, 0.15) is 0 Å². The van der Waals surface area contributed by atoms with Gasteiger partial charge < -0.3 is 9.13 Å². The Morgan fingerprint density at radius 3 is 0.788 bits per heavy atom. The van der Waals surface area contributed by atoms with Crippen LogP contribution in [0, 0.1) is 13.8 Å². The molecule has 52 heavy (non-hydrogen) atoms. The van der Waals surface area contributed by atoms with Gasteiger partial charge in [-0.05, 0) is 73.5 Å². The van der Waals surface area contributed by atoms with Crippen LogP contribution < -0.4 is 0 Å². The maximum absolute atomic E-state index is 2.34. The molecule has 0 saturated carbocycles. The summed E-state index contributed by atoms with van der Waals surface area (Å²) in [5.74, 6) is 0. The van der Waals surface area contributed by atoms with Crippen molar-refractivity contribution in [2.45, 2.75) is 13.8 Å². The SMILES string of the molecule is Cc1ccc(-n2c3ccccc3c3ccccc32)cc1.Cc1ccc(-n2c3ccccc3c3ccccc32)cc1.c1ccc(-c2ccccc2)cc1. The average molecular weight is 669 g/mol. The molecular formula is C50H40N2. The van der Waals surface area contributed by atoms with Crippen LogP contribution in [-0.4, -0.2) is 9.13 Å². The van der Waals surface area contributed by atoms with Crippen molar-refractivity contribution in [2.24, 2.45) is 0 Å². The van der Waals surface area contributed by atoms with Crippen LogP contribution in [0.4, 0.5) is 0 Å². The molecule has 2 aromatic heterocycles. The smallest absolute Gasteiger partial charge is 0.0541 e. The Kier molecular flexibility index (Phi) is 9.19. The number of para-hydroxylation sites is 4. The molecule has 10 aromatic rings. The second-order valence-electron chi connectivity index (χ2n) is 13.1. The first-order chi connectivity index (χ1) is 25.7. The van der Waals surface area contributed by atoms with Crippen molar-refractivity contribution in [3.8, 4) is 22.5 Å². The highest BCUT2D eigenvalue weighted by molar-refractivity contribution is 6.10. The van der Waals surface area contributed by atoms with Crippen LogP contribution in [0.15, 0.2) is 206 Å². The first kappa shape index (κ1) is 32.6. The summed E-state index contributed by atoms with van der Waals surface area (Å²) in [7, 11) is 0. The van der Waals surface area contributed by atoms with Crippen LogP contribution in [0.5, 0.6) is 0 Å². The van der Waals surface area contributed by atoms with E-state index < -0.39 is 0 Å². The van der Waals surface area contributed by atoms with Gasteiger partial charge in [-0.1, -0.05) is 169 Å². The molecule has 250 valence electrons. The molecule has 2 heterocycles. The maximum atomic E-state index is 2.34. The molecule has 0 amide bonds. The number of benzene rings is 8. The highest BCUT2D eigenvalue weighted by Crippen LogP contribution is 2.33. The van der Waals surface area contributed by atoms with Gasteiger partial charge in [0.05, 0.1) is 22.1 Å². The average Bonchev–Trinajstić information content (AvgIpc) is 3.73. The van der Waals surface area contributed by atoms with Gasteiger partial charge >= 0.3 is 0 Å². The fourth-order valence-electron chi connectivity index (χ4n) is 7.05. The Bertz CT molecular complexity index is 2420. The van der Waals surface area contributed by atoms with Crippen LogP contribution >= 0.6 is 0 Å². The lowest BCUT2D eigenvalue weighted by atomic mass is 10.1. The van der Waals surface area contributed by atoms with Crippen molar-refractivity contribution < 1.29 is 0 Å². The number of rotatable bonds is 3. The Hall–Kier alpha value is -6.64. The highest BCUT2D eigenvalue weighted by Gasteiger charge is 2.12. The number of aromatic nitrogens is 2. The fourth-order valence-corrected chi connectivity index (χ4v) is 7.05. The largest absolute Gasteiger partial charge is 0.309 e. The molecule has 0 radical (unpaired) electrons. The highest BCUT2D eigenvalue weighted by atomic mass is 15.0. The molecule has 0 aliphatic heterocycles. The topological polar surface area (TPSA) is 9.86 Å². The van der Waals surface area contributed by atoms with Gasteiger partial charge in [-0.2, -0.15) is 0 Å². The summed E-state index contributed by atoms with van der Waals surface area (Å²) in [6.45, 7) is 4.24. The summed E-state index contributed by atoms with van der Waals surface area (Å²) in [5, 5.41) is 5.24. The first-order valence-electron chi connectivity index (χ1n) is 17.9. The molecular weight excluding hydrogens is 629 g/mol. The summed E-state index contributed by atoms with van der Waals surface area (Å²) in [4.78, 5) is 0.